The molecule has 0 bridgehead atoms. The van der Waals surface area contributed by atoms with Crippen LogP contribution in [0.2, 0.25) is 0 Å². The fraction of sp³-hybridized carbons (Fsp3) is 0.480. The van der Waals surface area contributed by atoms with Gasteiger partial charge in [-0.25, -0.2) is 9.50 Å². The summed E-state index contributed by atoms with van der Waals surface area (Å²) in [6.45, 7) is 9.52. The van der Waals surface area contributed by atoms with E-state index in [1.54, 1.807) is 24.8 Å². The standard InChI is InChI=1S/C25H32N6O2S/c1-15(2)21-22(17-11-16(3)24-27-14-28-31(24)13-17)29-19-12-20(34-23(19)21)25(32)30(9-10-33-4)18-5-7-26-8-6-18/h11-15,18,26,29H,5-10H2,1-4H3. The van der Waals surface area contributed by atoms with Crippen molar-refractivity contribution >= 4 is 33.1 Å². The number of methoxy groups -OCH3 is 1. The van der Waals surface area contributed by atoms with Crippen molar-refractivity contribution < 1.29 is 9.53 Å². The topological polar surface area (TPSA) is 87.5 Å². The molecule has 0 atom stereocenters. The molecule has 34 heavy (non-hydrogen) atoms. The van der Waals surface area contributed by atoms with Crippen LogP contribution in [0.3, 0.4) is 0 Å². The highest BCUT2D eigenvalue weighted by atomic mass is 32.1. The average Bonchev–Trinajstić information content (AvgIpc) is 3.54. The molecule has 5 heterocycles. The number of hydrogen-bond donors (Lipinski definition) is 2. The van der Waals surface area contributed by atoms with E-state index in [1.807, 2.05) is 21.7 Å². The lowest BCUT2D eigenvalue weighted by Crippen LogP contribution is -2.47. The highest BCUT2D eigenvalue weighted by Crippen LogP contribution is 2.40. The Morgan fingerprint density at radius 3 is 2.85 bits per heavy atom. The van der Waals surface area contributed by atoms with Crippen LogP contribution in [0.1, 0.15) is 53.4 Å². The first kappa shape index (κ1) is 23.0. The lowest BCUT2D eigenvalue weighted by molar-refractivity contribution is 0.0565. The van der Waals surface area contributed by atoms with Crippen molar-refractivity contribution in [3.8, 4) is 11.3 Å². The van der Waals surface area contributed by atoms with Crippen molar-refractivity contribution in [3.05, 3.63) is 40.7 Å². The number of nitrogens with one attached hydrogen (secondary N) is 2. The minimum Gasteiger partial charge on any atom is -0.383 e. The molecule has 0 unspecified atom stereocenters. The molecule has 9 heteroatoms. The number of aryl methyl sites for hydroxylation is 1. The molecule has 0 aromatic carbocycles. The number of fused-ring (bicyclic) bond motifs is 2. The Kier molecular flexibility index (Phi) is 6.42. The van der Waals surface area contributed by atoms with E-state index in [2.05, 4.69) is 47.2 Å². The monoisotopic (exact) mass is 480 g/mol. The molecule has 1 fully saturated rings. The third kappa shape index (κ3) is 4.12. The molecule has 0 aliphatic carbocycles. The molecule has 0 spiro atoms. The number of thiophene rings is 1. The maximum atomic E-state index is 13.6. The van der Waals surface area contributed by atoms with Crippen molar-refractivity contribution in [1.29, 1.82) is 0 Å². The van der Waals surface area contributed by atoms with Gasteiger partial charge in [-0.1, -0.05) is 13.8 Å². The summed E-state index contributed by atoms with van der Waals surface area (Å²) >= 11 is 1.60. The predicted octanol–water partition coefficient (Wildman–Crippen LogP) is 4.21. The number of pyridine rings is 1. The highest BCUT2D eigenvalue weighted by Gasteiger charge is 2.28. The number of hydrogen-bond acceptors (Lipinski definition) is 6. The zero-order chi connectivity index (χ0) is 23.8. The minimum absolute atomic E-state index is 0.106. The summed E-state index contributed by atoms with van der Waals surface area (Å²) in [6, 6.07) is 4.43. The number of H-pyrrole nitrogens is 1. The van der Waals surface area contributed by atoms with Crippen LogP contribution in [0.4, 0.5) is 0 Å². The molecule has 1 amide bonds. The van der Waals surface area contributed by atoms with E-state index < -0.39 is 0 Å². The van der Waals surface area contributed by atoms with Crippen molar-refractivity contribution in [3.63, 3.8) is 0 Å². The highest BCUT2D eigenvalue weighted by molar-refractivity contribution is 7.21. The Morgan fingerprint density at radius 2 is 2.12 bits per heavy atom. The largest absolute Gasteiger partial charge is 0.383 e. The van der Waals surface area contributed by atoms with Gasteiger partial charge in [0.05, 0.1) is 27.4 Å². The van der Waals surface area contributed by atoms with Crippen LogP contribution in [0.15, 0.2) is 24.7 Å². The summed E-state index contributed by atoms with van der Waals surface area (Å²) in [4.78, 5) is 24.4. The second kappa shape index (κ2) is 9.48. The Labute approximate surface area is 203 Å². The van der Waals surface area contributed by atoms with E-state index in [-0.39, 0.29) is 11.9 Å². The molecular formula is C25H32N6O2S. The quantitative estimate of drug-likeness (QED) is 0.414. The molecular weight excluding hydrogens is 448 g/mol. The van der Waals surface area contributed by atoms with Gasteiger partial charge in [0.1, 0.15) is 6.33 Å². The van der Waals surface area contributed by atoms with Gasteiger partial charge in [0.25, 0.3) is 5.91 Å². The van der Waals surface area contributed by atoms with Crippen LogP contribution in [-0.4, -0.2) is 69.8 Å². The average molecular weight is 481 g/mol. The summed E-state index contributed by atoms with van der Waals surface area (Å²) in [7, 11) is 1.69. The fourth-order valence-corrected chi connectivity index (χ4v) is 6.28. The smallest absolute Gasteiger partial charge is 0.264 e. The zero-order valence-corrected chi connectivity index (χ0v) is 21.0. The number of aromatic nitrogens is 4. The van der Waals surface area contributed by atoms with Gasteiger partial charge < -0.3 is 19.9 Å². The van der Waals surface area contributed by atoms with Crippen LogP contribution in [0.5, 0.6) is 0 Å². The van der Waals surface area contributed by atoms with Gasteiger partial charge in [-0.15, -0.1) is 11.3 Å². The number of rotatable bonds is 7. The van der Waals surface area contributed by atoms with E-state index in [9.17, 15) is 4.79 Å². The molecule has 2 N–H and O–H groups in total. The van der Waals surface area contributed by atoms with Crippen molar-refractivity contribution in [2.45, 2.75) is 45.6 Å². The van der Waals surface area contributed by atoms with E-state index >= 15 is 0 Å². The van der Waals surface area contributed by atoms with Crippen LogP contribution < -0.4 is 5.32 Å². The molecule has 8 nitrogen and oxygen atoms in total. The molecule has 1 saturated heterocycles. The van der Waals surface area contributed by atoms with E-state index in [0.29, 0.717) is 19.1 Å². The number of aromatic amines is 1. The van der Waals surface area contributed by atoms with Crippen LogP contribution >= 0.6 is 11.3 Å². The number of piperidine rings is 1. The molecule has 1 aliphatic rings. The molecule has 180 valence electrons. The summed E-state index contributed by atoms with van der Waals surface area (Å²) in [6.07, 6.45) is 5.55. The van der Waals surface area contributed by atoms with Gasteiger partial charge >= 0.3 is 0 Å². The Morgan fingerprint density at radius 1 is 1.32 bits per heavy atom. The van der Waals surface area contributed by atoms with Gasteiger partial charge in [-0.2, -0.15) is 5.10 Å². The lowest BCUT2D eigenvalue weighted by atomic mass is 9.99. The van der Waals surface area contributed by atoms with Gasteiger partial charge in [0, 0.05) is 31.5 Å². The summed E-state index contributed by atoms with van der Waals surface area (Å²) in [5.74, 6) is 0.404. The number of carbonyl (C=O) groups excluding carboxylic acids is 1. The first-order chi connectivity index (χ1) is 16.5. The lowest BCUT2D eigenvalue weighted by Gasteiger charge is -2.34. The van der Waals surface area contributed by atoms with Gasteiger partial charge in [0.15, 0.2) is 5.65 Å². The predicted molar refractivity (Wildman–Crippen MR) is 136 cm³/mol. The molecule has 0 radical (unpaired) electrons. The number of amides is 1. The molecule has 1 aliphatic heterocycles. The second-order valence-electron chi connectivity index (χ2n) is 9.33. The van der Waals surface area contributed by atoms with Crippen LogP contribution in [0.25, 0.3) is 27.1 Å². The maximum Gasteiger partial charge on any atom is 0.264 e. The number of nitrogens with zero attached hydrogens (tertiary/aromatic N) is 4. The second-order valence-corrected chi connectivity index (χ2v) is 10.4. The van der Waals surface area contributed by atoms with Gasteiger partial charge in [-0.3, -0.25) is 4.79 Å². The molecule has 5 rings (SSSR count). The third-order valence-electron chi connectivity index (χ3n) is 6.69. The van der Waals surface area contributed by atoms with Crippen molar-refractivity contribution in [1.82, 2.24) is 29.8 Å². The van der Waals surface area contributed by atoms with E-state index in [1.165, 1.54) is 5.56 Å². The Bertz CT molecular complexity index is 1310. The minimum atomic E-state index is 0.106. The van der Waals surface area contributed by atoms with E-state index in [0.717, 1.165) is 63.5 Å². The maximum absolute atomic E-state index is 13.6. The SMILES string of the molecule is COCCN(C(=O)c1cc2[nH]c(-c3cc(C)c4ncnn4c3)c(C(C)C)c2s1)C1CCNCC1. The number of ether oxygens (including phenoxy) is 1. The van der Waals surface area contributed by atoms with Gasteiger partial charge in [0.2, 0.25) is 0 Å². The Hall–Kier alpha value is -2.75. The van der Waals surface area contributed by atoms with Crippen LogP contribution in [-0.2, 0) is 4.74 Å². The first-order valence-corrected chi connectivity index (χ1v) is 12.8. The normalized spacial score (nSPS) is 15.1. The summed E-state index contributed by atoms with van der Waals surface area (Å²) in [5.41, 5.74) is 6.36. The Balaban J connectivity index is 1.53. The fourth-order valence-electron chi connectivity index (χ4n) is 5.01. The zero-order valence-electron chi connectivity index (χ0n) is 20.2. The molecule has 0 saturated carbocycles. The number of carbonyl (C=O) groups is 1. The van der Waals surface area contributed by atoms with Gasteiger partial charge in [-0.05, 0) is 62.0 Å². The third-order valence-corrected chi connectivity index (χ3v) is 7.84. The van der Waals surface area contributed by atoms with Crippen molar-refractivity contribution in [2.24, 2.45) is 0 Å². The summed E-state index contributed by atoms with van der Waals surface area (Å²) < 4.78 is 8.30. The molecule has 4 aromatic heterocycles. The summed E-state index contributed by atoms with van der Waals surface area (Å²) in [5, 5.41) is 7.73. The van der Waals surface area contributed by atoms with Crippen LogP contribution in [0, 0.1) is 6.92 Å². The van der Waals surface area contributed by atoms with Crippen molar-refractivity contribution in [2.75, 3.05) is 33.4 Å². The first-order valence-electron chi connectivity index (χ1n) is 11.9. The molecule has 4 aromatic rings. The van der Waals surface area contributed by atoms with E-state index in [4.69, 9.17) is 4.74 Å².